The van der Waals surface area contributed by atoms with Gasteiger partial charge in [-0.15, -0.1) is 5.10 Å². The third-order valence-corrected chi connectivity index (χ3v) is 5.78. The van der Waals surface area contributed by atoms with E-state index in [2.05, 4.69) is 25.8 Å². The van der Waals surface area contributed by atoms with Gasteiger partial charge in [-0.3, -0.25) is 9.20 Å². The molecule has 1 aliphatic rings. The molecule has 11 heteroatoms. The predicted molar refractivity (Wildman–Crippen MR) is 108 cm³/mol. The molecule has 1 saturated carbocycles. The van der Waals surface area contributed by atoms with Gasteiger partial charge in [-0.2, -0.15) is 0 Å². The van der Waals surface area contributed by atoms with Crippen LogP contribution in [0.5, 0.6) is 0 Å². The zero-order chi connectivity index (χ0) is 20.9. The first-order valence-corrected chi connectivity index (χ1v) is 11.2. The van der Waals surface area contributed by atoms with Crippen LogP contribution in [0.15, 0.2) is 53.8 Å². The lowest BCUT2D eigenvalue weighted by Gasteiger charge is -2.07. The first-order valence-electron chi connectivity index (χ1n) is 9.28. The second-order valence-electron chi connectivity index (χ2n) is 7.18. The molecule has 0 saturated heterocycles. The third-order valence-electron chi connectivity index (χ3n) is 4.83. The molecule has 30 heavy (non-hydrogen) atoms. The topological polar surface area (TPSA) is 124 Å². The summed E-state index contributed by atoms with van der Waals surface area (Å²) in [5.41, 5.74) is 1.74. The third kappa shape index (κ3) is 3.22. The van der Waals surface area contributed by atoms with Gasteiger partial charge in [0.2, 0.25) is 15.0 Å². The van der Waals surface area contributed by atoms with Crippen LogP contribution in [0.2, 0.25) is 0 Å². The molecule has 1 aromatic carbocycles. The molecule has 4 aromatic rings. The largest absolute Gasteiger partial charge is 0.321 e. The number of nitrogens with one attached hydrogen (secondary N) is 1. The van der Waals surface area contributed by atoms with Gasteiger partial charge in [0.15, 0.2) is 11.5 Å². The summed E-state index contributed by atoms with van der Waals surface area (Å²) in [5, 5.41) is 14.5. The minimum Gasteiger partial charge on any atom is -0.321 e. The Balaban J connectivity index is 1.49. The van der Waals surface area contributed by atoms with Crippen LogP contribution in [0.25, 0.3) is 16.9 Å². The number of benzene rings is 1. The lowest BCUT2D eigenvalue weighted by molar-refractivity contribution is 0.102. The number of carbonyl (C=O) groups is 1. The lowest BCUT2D eigenvalue weighted by atomic mass is 10.2. The quantitative estimate of drug-likeness (QED) is 0.520. The standard InChI is InChI=1S/C19H17N7O3S/c1-30(28,29)19-21-16(15-7-2-3-10-25(15)19)18(27)20-13-6-4-5-12(11-13)17-22-23-24-26(17)14-8-9-14/h2-7,10-11,14H,8-9H2,1H3,(H,20,27). The number of rotatable bonds is 5. The molecule has 0 aliphatic heterocycles. The van der Waals surface area contributed by atoms with Gasteiger partial charge >= 0.3 is 0 Å². The Bertz CT molecular complexity index is 1390. The molecule has 1 amide bonds. The number of hydrogen-bond acceptors (Lipinski definition) is 7. The number of imidazole rings is 1. The summed E-state index contributed by atoms with van der Waals surface area (Å²) in [4.78, 5) is 17.0. The van der Waals surface area contributed by atoms with Crippen LogP contribution in [-0.4, -0.2) is 50.2 Å². The normalized spacial score (nSPS) is 14.2. The van der Waals surface area contributed by atoms with Crippen LogP contribution >= 0.6 is 0 Å². The predicted octanol–water partition coefficient (Wildman–Crippen LogP) is 1.98. The van der Waals surface area contributed by atoms with Gasteiger partial charge in [0.25, 0.3) is 5.91 Å². The molecule has 3 aromatic heterocycles. The van der Waals surface area contributed by atoms with Crippen molar-refractivity contribution in [2.45, 2.75) is 24.0 Å². The molecule has 3 heterocycles. The molecule has 0 spiro atoms. The number of nitrogens with zero attached hydrogens (tertiary/aromatic N) is 6. The van der Waals surface area contributed by atoms with Crippen molar-refractivity contribution >= 4 is 26.9 Å². The second-order valence-corrected chi connectivity index (χ2v) is 9.09. The average Bonchev–Trinajstić information content (AvgIpc) is 3.30. The van der Waals surface area contributed by atoms with Crippen molar-refractivity contribution in [3.63, 3.8) is 0 Å². The Kier molecular flexibility index (Phi) is 4.13. The van der Waals surface area contributed by atoms with E-state index in [0.29, 0.717) is 23.1 Å². The van der Waals surface area contributed by atoms with Crippen molar-refractivity contribution in [2.24, 2.45) is 0 Å². The summed E-state index contributed by atoms with van der Waals surface area (Å²) in [5.74, 6) is 0.132. The highest BCUT2D eigenvalue weighted by molar-refractivity contribution is 7.90. The van der Waals surface area contributed by atoms with E-state index in [1.54, 1.807) is 47.3 Å². The first kappa shape index (κ1) is 18.4. The number of tetrazole rings is 1. The maximum Gasteiger partial charge on any atom is 0.276 e. The Morgan fingerprint density at radius 3 is 2.77 bits per heavy atom. The Labute approximate surface area is 171 Å². The number of hydrogen-bond donors (Lipinski definition) is 1. The Hall–Kier alpha value is -3.60. The van der Waals surface area contributed by atoms with E-state index in [9.17, 15) is 13.2 Å². The van der Waals surface area contributed by atoms with E-state index >= 15 is 0 Å². The van der Waals surface area contributed by atoms with Crippen molar-refractivity contribution in [1.29, 1.82) is 0 Å². The number of amides is 1. The second kappa shape index (κ2) is 6.73. The summed E-state index contributed by atoms with van der Waals surface area (Å²) in [7, 11) is -3.61. The highest BCUT2D eigenvalue weighted by Crippen LogP contribution is 2.36. The van der Waals surface area contributed by atoms with E-state index < -0.39 is 15.7 Å². The summed E-state index contributed by atoms with van der Waals surface area (Å²) in [6, 6.07) is 12.5. The van der Waals surface area contributed by atoms with E-state index in [1.165, 1.54) is 4.40 Å². The average molecular weight is 423 g/mol. The summed E-state index contributed by atoms with van der Waals surface area (Å²) < 4.78 is 27.3. The highest BCUT2D eigenvalue weighted by atomic mass is 32.2. The molecular weight excluding hydrogens is 406 g/mol. The Morgan fingerprint density at radius 1 is 1.17 bits per heavy atom. The molecule has 10 nitrogen and oxygen atoms in total. The van der Waals surface area contributed by atoms with Gasteiger partial charge in [-0.1, -0.05) is 18.2 Å². The van der Waals surface area contributed by atoms with Crippen molar-refractivity contribution in [3.8, 4) is 11.4 Å². The van der Waals surface area contributed by atoms with E-state index in [0.717, 1.165) is 24.7 Å². The maximum atomic E-state index is 12.9. The van der Waals surface area contributed by atoms with Gasteiger partial charge < -0.3 is 5.32 Å². The minimum absolute atomic E-state index is 0.0317. The summed E-state index contributed by atoms with van der Waals surface area (Å²) in [6.45, 7) is 0. The fourth-order valence-corrected chi connectivity index (χ4v) is 4.09. The maximum absolute atomic E-state index is 12.9. The summed E-state index contributed by atoms with van der Waals surface area (Å²) in [6.07, 6.45) is 4.72. The van der Waals surface area contributed by atoms with Gasteiger partial charge in [0.05, 0.1) is 11.6 Å². The van der Waals surface area contributed by atoms with Crippen LogP contribution < -0.4 is 5.32 Å². The minimum atomic E-state index is -3.61. The number of pyridine rings is 1. The van der Waals surface area contributed by atoms with Crippen LogP contribution in [0, 0.1) is 0 Å². The molecule has 5 rings (SSSR count). The van der Waals surface area contributed by atoms with E-state index in [1.807, 2.05) is 6.07 Å². The molecule has 152 valence electrons. The van der Waals surface area contributed by atoms with Crippen molar-refractivity contribution in [1.82, 2.24) is 29.6 Å². The lowest BCUT2D eigenvalue weighted by Crippen LogP contribution is -2.13. The van der Waals surface area contributed by atoms with Gasteiger partial charge in [0.1, 0.15) is 0 Å². The molecule has 0 bridgehead atoms. The van der Waals surface area contributed by atoms with Crippen LogP contribution in [0.3, 0.4) is 0 Å². The number of carbonyl (C=O) groups excluding carboxylic acids is 1. The number of aromatic nitrogens is 6. The van der Waals surface area contributed by atoms with Crippen molar-refractivity contribution in [2.75, 3.05) is 11.6 Å². The van der Waals surface area contributed by atoms with Crippen LogP contribution in [0.1, 0.15) is 29.4 Å². The smallest absolute Gasteiger partial charge is 0.276 e. The zero-order valence-electron chi connectivity index (χ0n) is 15.9. The number of sulfone groups is 1. The molecular formula is C19H17N7O3S. The zero-order valence-corrected chi connectivity index (χ0v) is 16.7. The van der Waals surface area contributed by atoms with Crippen molar-refractivity contribution < 1.29 is 13.2 Å². The van der Waals surface area contributed by atoms with Gasteiger partial charge in [-0.25, -0.2) is 18.1 Å². The van der Waals surface area contributed by atoms with E-state index in [4.69, 9.17) is 0 Å². The molecule has 0 radical (unpaired) electrons. The van der Waals surface area contributed by atoms with E-state index in [-0.39, 0.29) is 10.9 Å². The summed E-state index contributed by atoms with van der Waals surface area (Å²) >= 11 is 0. The molecule has 0 atom stereocenters. The molecule has 0 unspecified atom stereocenters. The molecule has 1 fully saturated rings. The van der Waals surface area contributed by atoms with Gasteiger partial charge in [-0.05, 0) is 47.5 Å². The highest BCUT2D eigenvalue weighted by Gasteiger charge is 2.28. The first-order chi connectivity index (χ1) is 14.4. The van der Waals surface area contributed by atoms with Gasteiger partial charge in [0, 0.05) is 23.7 Å². The van der Waals surface area contributed by atoms with Crippen molar-refractivity contribution in [3.05, 3.63) is 54.4 Å². The number of anilines is 1. The van der Waals surface area contributed by atoms with Crippen LogP contribution in [0.4, 0.5) is 5.69 Å². The number of fused-ring (bicyclic) bond motifs is 1. The SMILES string of the molecule is CS(=O)(=O)c1nc(C(=O)Nc2cccc(-c3nnnn3C3CC3)c2)c2ccccn12. The van der Waals surface area contributed by atoms with Crippen LogP contribution in [-0.2, 0) is 9.84 Å². The molecule has 1 aliphatic carbocycles. The monoisotopic (exact) mass is 423 g/mol. The fraction of sp³-hybridized carbons (Fsp3) is 0.211. The molecule has 1 N–H and O–H groups in total. The fourth-order valence-electron chi connectivity index (χ4n) is 3.31. The Morgan fingerprint density at radius 2 is 2.00 bits per heavy atom.